The summed E-state index contributed by atoms with van der Waals surface area (Å²) in [5.74, 6) is 1.65. The van der Waals surface area contributed by atoms with Crippen molar-refractivity contribution in [1.29, 1.82) is 0 Å². The summed E-state index contributed by atoms with van der Waals surface area (Å²) in [5.41, 5.74) is 2.16. The van der Waals surface area contributed by atoms with Crippen LogP contribution in [-0.4, -0.2) is 38.6 Å². The average Bonchev–Trinajstić information content (AvgIpc) is 3.15. The highest BCUT2D eigenvalue weighted by Crippen LogP contribution is 2.15. The molecule has 7 heteroatoms. The van der Waals surface area contributed by atoms with Crippen LogP contribution in [0.1, 0.15) is 30.8 Å². The fraction of sp³-hybridized carbons (Fsp3) is 0.318. The van der Waals surface area contributed by atoms with Gasteiger partial charge < -0.3 is 19.5 Å². The van der Waals surface area contributed by atoms with E-state index in [-0.39, 0.29) is 12.1 Å². The van der Waals surface area contributed by atoms with Crippen LogP contribution in [0.25, 0.3) is 0 Å². The van der Waals surface area contributed by atoms with Gasteiger partial charge in [-0.1, -0.05) is 12.1 Å². The van der Waals surface area contributed by atoms with Crippen LogP contribution in [0.5, 0.6) is 5.75 Å². The summed E-state index contributed by atoms with van der Waals surface area (Å²) in [6.45, 7) is 5.47. The number of rotatable bonds is 8. The van der Waals surface area contributed by atoms with Crippen LogP contribution >= 0.6 is 0 Å². The fourth-order valence-electron chi connectivity index (χ4n) is 2.98. The Morgan fingerprint density at radius 2 is 1.79 bits per heavy atom. The number of methoxy groups -OCH3 is 1. The first-order valence-corrected chi connectivity index (χ1v) is 9.62. The van der Waals surface area contributed by atoms with Gasteiger partial charge in [-0.25, -0.2) is 9.78 Å². The van der Waals surface area contributed by atoms with E-state index in [0.29, 0.717) is 19.6 Å². The molecule has 2 heterocycles. The Balaban J connectivity index is 1.76. The third kappa shape index (κ3) is 5.81. The van der Waals surface area contributed by atoms with Crippen molar-refractivity contribution in [3.63, 3.8) is 0 Å². The van der Waals surface area contributed by atoms with Crippen LogP contribution in [0, 0.1) is 0 Å². The Kier molecular flexibility index (Phi) is 6.84. The first kappa shape index (κ1) is 20.4. The summed E-state index contributed by atoms with van der Waals surface area (Å²) in [7, 11) is 1.66. The molecule has 2 amide bonds. The second-order valence-electron chi connectivity index (χ2n) is 7.14. The topological polar surface area (TPSA) is 72.3 Å². The van der Waals surface area contributed by atoms with Crippen molar-refractivity contribution >= 4 is 6.03 Å². The van der Waals surface area contributed by atoms with E-state index in [1.807, 2.05) is 56.4 Å². The first-order valence-electron chi connectivity index (χ1n) is 9.62. The Bertz CT molecular complexity index is 906. The maximum Gasteiger partial charge on any atom is 0.318 e. The van der Waals surface area contributed by atoms with Gasteiger partial charge in [0.1, 0.15) is 11.6 Å². The summed E-state index contributed by atoms with van der Waals surface area (Å²) in [6.07, 6.45) is 7.17. The molecule has 0 atom stereocenters. The van der Waals surface area contributed by atoms with Crippen LogP contribution < -0.4 is 10.1 Å². The summed E-state index contributed by atoms with van der Waals surface area (Å²) >= 11 is 0. The van der Waals surface area contributed by atoms with Crippen molar-refractivity contribution in [2.24, 2.45) is 0 Å². The predicted molar refractivity (Wildman–Crippen MR) is 111 cm³/mol. The zero-order chi connectivity index (χ0) is 20.6. The van der Waals surface area contributed by atoms with E-state index in [1.54, 1.807) is 30.6 Å². The van der Waals surface area contributed by atoms with Gasteiger partial charge in [0, 0.05) is 43.9 Å². The number of carbonyl (C=O) groups is 1. The van der Waals surface area contributed by atoms with E-state index in [9.17, 15) is 4.79 Å². The minimum absolute atomic E-state index is 0.0569. The standard InChI is InChI=1S/C22H27N5O2/c1-17(2)25-22(28)27(15-19-8-10-23-11-9-19)16-21-24-12-13-26(21)14-18-4-6-20(29-3)7-5-18/h4-13,17H,14-16H2,1-3H3,(H,25,28). The van der Waals surface area contributed by atoms with Crippen LogP contribution in [0.4, 0.5) is 4.79 Å². The molecule has 0 aliphatic carbocycles. The maximum atomic E-state index is 12.8. The van der Waals surface area contributed by atoms with Crippen molar-refractivity contribution in [2.75, 3.05) is 7.11 Å². The number of hydrogen-bond acceptors (Lipinski definition) is 4. The van der Waals surface area contributed by atoms with Gasteiger partial charge in [0.05, 0.1) is 13.7 Å². The normalized spacial score (nSPS) is 10.8. The molecule has 2 aromatic heterocycles. The number of carbonyl (C=O) groups excluding carboxylic acids is 1. The molecule has 0 aliphatic heterocycles. The van der Waals surface area contributed by atoms with Crippen molar-refractivity contribution < 1.29 is 9.53 Å². The molecule has 3 rings (SSSR count). The summed E-state index contributed by atoms with van der Waals surface area (Å²) < 4.78 is 7.28. The SMILES string of the molecule is COc1ccc(Cn2ccnc2CN(Cc2ccncc2)C(=O)NC(C)C)cc1. The van der Waals surface area contributed by atoms with E-state index >= 15 is 0 Å². The van der Waals surface area contributed by atoms with Gasteiger partial charge in [0.2, 0.25) is 0 Å². The molecule has 0 bridgehead atoms. The Morgan fingerprint density at radius 1 is 1.07 bits per heavy atom. The Morgan fingerprint density at radius 3 is 2.45 bits per heavy atom. The molecule has 1 aromatic carbocycles. The number of ether oxygens (including phenoxy) is 1. The molecule has 3 aromatic rings. The highest BCUT2D eigenvalue weighted by atomic mass is 16.5. The van der Waals surface area contributed by atoms with Crippen molar-refractivity contribution in [1.82, 2.24) is 24.8 Å². The summed E-state index contributed by atoms with van der Waals surface area (Å²) in [6, 6.07) is 11.7. The summed E-state index contributed by atoms with van der Waals surface area (Å²) in [4.78, 5) is 23.1. The zero-order valence-electron chi connectivity index (χ0n) is 17.1. The van der Waals surface area contributed by atoms with E-state index in [4.69, 9.17) is 4.74 Å². The molecule has 0 radical (unpaired) electrons. The molecular weight excluding hydrogens is 366 g/mol. The minimum atomic E-state index is -0.115. The molecule has 0 saturated carbocycles. The lowest BCUT2D eigenvalue weighted by Crippen LogP contribution is -2.42. The molecule has 0 aliphatic rings. The van der Waals surface area contributed by atoms with E-state index in [2.05, 4.69) is 19.9 Å². The fourth-order valence-corrected chi connectivity index (χ4v) is 2.98. The van der Waals surface area contributed by atoms with E-state index < -0.39 is 0 Å². The van der Waals surface area contributed by atoms with Crippen LogP contribution in [0.3, 0.4) is 0 Å². The lowest BCUT2D eigenvalue weighted by molar-refractivity contribution is 0.187. The van der Waals surface area contributed by atoms with Gasteiger partial charge in [-0.05, 0) is 49.2 Å². The third-order valence-electron chi connectivity index (χ3n) is 4.47. The van der Waals surface area contributed by atoms with Crippen molar-refractivity contribution in [3.8, 4) is 5.75 Å². The number of aromatic nitrogens is 3. The third-order valence-corrected chi connectivity index (χ3v) is 4.47. The molecule has 1 N–H and O–H groups in total. The monoisotopic (exact) mass is 393 g/mol. The largest absolute Gasteiger partial charge is 0.497 e. The van der Waals surface area contributed by atoms with Crippen molar-refractivity contribution in [3.05, 3.63) is 78.1 Å². The van der Waals surface area contributed by atoms with Gasteiger partial charge in [0.15, 0.2) is 0 Å². The number of imidazole rings is 1. The Labute approximate surface area is 171 Å². The molecule has 0 saturated heterocycles. The van der Waals surface area contributed by atoms with Crippen molar-refractivity contribution in [2.45, 2.75) is 39.5 Å². The smallest absolute Gasteiger partial charge is 0.318 e. The Hall–Kier alpha value is -3.35. The molecule has 29 heavy (non-hydrogen) atoms. The number of urea groups is 1. The first-order chi connectivity index (χ1) is 14.0. The second kappa shape index (κ2) is 9.73. The molecular formula is C22H27N5O2. The van der Waals surface area contributed by atoms with Crippen LogP contribution in [-0.2, 0) is 19.6 Å². The van der Waals surface area contributed by atoms with Gasteiger partial charge in [-0.2, -0.15) is 0 Å². The number of pyridine rings is 1. The minimum Gasteiger partial charge on any atom is -0.497 e. The lowest BCUT2D eigenvalue weighted by Gasteiger charge is -2.24. The molecule has 0 spiro atoms. The lowest BCUT2D eigenvalue weighted by atomic mass is 10.2. The highest BCUT2D eigenvalue weighted by Gasteiger charge is 2.18. The van der Waals surface area contributed by atoms with E-state index in [1.165, 1.54) is 0 Å². The zero-order valence-corrected chi connectivity index (χ0v) is 17.1. The van der Waals surface area contributed by atoms with Crippen LogP contribution in [0.15, 0.2) is 61.2 Å². The molecule has 152 valence electrons. The molecule has 0 unspecified atom stereocenters. The number of nitrogens with one attached hydrogen (secondary N) is 1. The van der Waals surface area contributed by atoms with Gasteiger partial charge in [-0.15, -0.1) is 0 Å². The predicted octanol–water partition coefficient (Wildman–Crippen LogP) is 3.46. The summed E-state index contributed by atoms with van der Waals surface area (Å²) in [5, 5.41) is 2.98. The van der Waals surface area contributed by atoms with Gasteiger partial charge in [-0.3, -0.25) is 4.98 Å². The second-order valence-corrected chi connectivity index (χ2v) is 7.14. The van der Waals surface area contributed by atoms with E-state index in [0.717, 1.165) is 22.7 Å². The average molecular weight is 393 g/mol. The van der Waals surface area contributed by atoms with Gasteiger partial charge in [0.25, 0.3) is 0 Å². The van der Waals surface area contributed by atoms with Gasteiger partial charge >= 0.3 is 6.03 Å². The maximum absolute atomic E-state index is 12.8. The number of amides is 2. The molecule has 0 fully saturated rings. The van der Waals surface area contributed by atoms with Crippen LogP contribution in [0.2, 0.25) is 0 Å². The number of nitrogens with zero attached hydrogens (tertiary/aromatic N) is 4. The number of benzene rings is 1. The highest BCUT2D eigenvalue weighted by molar-refractivity contribution is 5.74. The number of hydrogen-bond donors (Lipinski definition) is 1. The molecule has 7 nitrogen and oxygen atoms in total. The quantitative estimate of drug-likeness (QED) is 0.636.